The molecule has 1 aliphatic heterocycles. The quantitative estimate of drug-likeness (QED) is 0.768. The van der Waals surface area contributed by atoms with Crippen LogP contribution in [0.3, 0.4) is 0 Å². The molecule has 0 fully saturated rings. The minimum atomic E-state index is -0.270. The Labute approximate surface area is 151 Å². The fourth-order valence-corrected chi connectivity index (χ4v) is 3.96. The van der Waals surface area contributed by atoms with Gasteiger partial charge in [0.05, 0.1) is 11.4 Å². The van der Waals surface area contributed by atoms with E-state index >= 15 is 0 Å². The predicted octanol–water partition coefficient (Wildman–Crippen LogP) is 5.24. The van der Waals surface area contributed by atoms with Gasteiger partial charge in [0.25, 0.3) is 0 Å². The van der Waals surface area contributed by atoms with E-state index in [1.54, 1.807) is 0 Å². The maximum absolute atomic E-state index is 5.14. The molecule has 1 aromatic heterocycles. The first kappa shape index (κ1) is 17.7. The SMILES string of the molecule is CCN1c2c(C)cccc2C(c2cnc(C(C)C)c(C)c2)=NC1(C)C. The average Bonchev–Trinajstić information content (AvgIpc) is 2.54. The molecule has 0 spiro atoms. The Morgan fingerprint density at radius 2 is 1.84 bits per heavy atom. The standard InChI is InChI=1S/C22H29N3/c1-8-25-21-15(4)10-9-11-18(21)20(24-22(25,6)7)17-12-16(5)19(14(2)3)23-13-17/h9-14H,8H2,1-7H3. The van der Waals surface area contributed by atoms with Crippen LogP contribution in [0, 0.1) is 13.8 Å². The number of aryl methyl sites for hydroxylation is 2. The van der Waals surface area contributed by atoms with E-state index in [4.69, 9.17) is 9.98 Å². The van der Waals surface area contributed by atoms with Crippen molar-refractivity contribution in [2.45, 2.75) is 60.0 Å². The summed E-state index contributed by atoms with van der Waals surface area (Å²) in [6.45, 7) is 16.2. The van der Waals surface area contributed by atoms with Crippen LogP contribution in [0.2, 0.25) is 0 Å². The maximum atomic E-state index is 5.14. The van der Waals surface area contributed by atoms with Crippen LogP contribution in [0.15, 0.2) is 35.5 Å². The van der Waals surface area contributed by atoms with Gasteiger partial charge in [0, 0.05) is 29.6 Å². The zero-order valence-electron chi connectivity index (χ0n) is 16.5. The van der Waals surface area contributed by atoms with Gasteiger partial charge in [-0.3, -0.25) is 9.98 Å². The Balaban J connectivity index is 2.22. The first-order valence-electron chi connectivity index (χ1n) is 9.20. The van der Waals surface area contributed by atoms with Gasteiger partial charge in [-0.2, -0.15) is 0 Å². The Morgan fingerprint density at radius 1 is 1.12 bits per heavy atom. The van der Waals surface area contributed by atoms with E-state index in [9.17, 15) is 0 Å². The molecule has 3 heteroatoms. The number of rotatable bonds is 3. The first-order chi connectivity index (χ1) is 11.8. The van der Waals surface area contributed by atoms with E-state index in [2.05, 4.69) is 77.6 Å². The lowest BCUT2D eigenvalue weighted by Crippen LogP contribution is -2.47. The molecule has 132 valence electrons. The second-order valence-electron chi connectivity index (χ2n) is 7.75. The van der Waals surface area contributed by atoms with Crippen LogP contribution < -0.4 is 4.90 Å². The Morgan fingerprint density at radius 3 is 2.44 bits per heavy atom. The molecule has 0 N–H and O–H groups in total. The van der Waals surface area contributed by atoms with Crippen LogP contribution in [-0.4, -0.2) is 22.9 Å². The summed E-state index contributed by atoms with van der Waals surface area (Å²) in [6.07, 6.45) is 1.99. The summed E-state index contributed by atoms with van der Waals surface area (Å²) in [7, 11) is 0. The van der Waals surface area contributed by atoms with Gasteiger partial charge in [-0.1, -0.05) is 32.0 Å². The molecule has 0 amide bonds. The summed E-state index contributed by atoms with van der Waals surface area (Å²) in [5, 5.41) is 0. The molecule has 0 radical (unpaired) electrons. The van der Waals surface area contributed by atoms with Gasteiger partial charge in [0.15, 0.2) is 0 Å². The molecule has 1 aromatic carbocycles. The molecule has 0 bridgehead atoms. The van der Waals surface area contributed by atoms with Crippen LogP contribution in [0.1, 0.15) is 68.5 Å². The van der Waals surface area contributed by atoms with Crippen molar-refractivity contribution in [1.29, 1.82) is 0 Å². The highest BCUT2D eigenvalue weighted by atomic mass is 15.3. The highest BCUT2D eigenvalue weighted by Gasteiger charge is 2.34. The van der Waals surface area contributed by atoms with E-state index in [-0.39, 0.29) is 5.66 Å². The van der Waals surface area contributed by atoms with Gasteiger partial charge >= 0.3 is 0 Å². The largest absolute Gasteiger partial charge is 0.347 e. The maximum Gasteiger partial charge on any atom is 0.127 e. The molecule has 0 saturated carbocycles. The monoisotopic (exact) mass is 335 g/mol. The highest BCUT2D eigenvalue weighted by Crippen LogP contribution is 2.38. The number of fused-ring (bicyclic) bond motifs is 1. The van der Waals surface area contributed by atoms with Crippen molar-refractivity contribution in [2.75, 3.05) is 11.4 Å². The van der Waals surface area contributed by atoms with E-state index in [0.717, 1.165) is 17.8 Å². The number of hydrogen-bond donors (Lipinski definition) is 0. The fraction of sp³-hybridized carbons (Fsp3) is 0.455. The van der Waals surface area contributed by atoms with Crippen molar-refractivity contribution in [2.24, 2.45) is 4.99 Å². The second-order valence-corrected chi connectivity index (χ2v) is 7.75. The number of para-hydroxylation sites is 1. The second kappa shape index (κ2) is 6.29. The number of hydrogen-bond acceptors (Lipinski definition) is 3. The number of aliphatic imine (C=N–C) groups is 1. The third-order valence-electron chi connectivity index (χ3n) is 5.06. The molecule has 3 rings (SSSR count). The third kappa shape index (κ3) is 2.97. The van der Waals surface area contributed by atoms with Gasteiger partial charge < -0.3 is 4.90 Å². The van der Waals surface area contributed by atoms with Gasteiger partial charge in [-0.05, 0) is 57.7 Å². The molecule has 25 heavy (non-hydrogen) atoms. The zero-order chi connectivity index (χ0) is 18.4. The van der Waals surface area contributed by atoms with Gasteiger partial charge in [-0.25, -0.2) is 0 Å². The molecule has 2 aromatic rings. The van der Waals surface area contributed by atoms with Gasteiger partial charge in [0.1, 0.15) is 5.66 Å². The van der Waals surface area contributed by atoms with Crippen LogP contribution in [0.25, 0.3) is 0 Å². The molecule has 0 unspecified atom stereocenters. The van der Waals surface area contributed by atoms with Crippen molar-refractivity contribution in [3.63, 3.8) is 0 Å². The molecule has 0 aliphatic carbocycles. The van der Waals surface area contributed by atoms with E-state index in [1.165, 1.54) is 28.1 Å². The van der Waals surface area contributed by atoms with Crippen molar-refractivity contribution in [1.82, 2.24) is 4.98 Å². The van der Waals surface area contributed by atoms with Crippen molar-refractivity contribution >= 4 is 11.4 Å². The Bertz CT molecular complexity index is 831. The lowest BCUT2D eigenvalue weighted by molar-refractivity contribution is 0.484. The van der Waals surface area contributed by atoms with E-state index < -0.39 is 0 Å². The lowest BCUT2D eigenvalue weighted by atomic mass is 9.92. The molecular weight excluding hydrogens is 306 g/mol. The zero-order valence-corrected chi connectivity index (χ0v) is 16.5. The fourth-order valence-electron chi connectivity index (χ4n) is 3.96. The number of pyridine rings is 1. The molecule has 0 saturated heterocycles. The van der Waals surface area contributed by atoms with Crippen LogP contribution in [0.5, 0.6) is 0 Å². The minimum Gasteiger partial charge on any atom is -0.347 e. The molecular formula is C22H29N3. The summed E-state index contributed by atoms with van der Waals surface area (Å²) >= 11 is 0. The number of aromatic nitrogens is 1. The van der Waals surface area contributed by atoms with Crippen LogP contribution >= 0.6 is 0 Å². The summed E-state index contributed by atoms with van der Waals surface area (Å²) in [4.78, 5) is 12.3. The Kier molecular flexibility index (Phi) is 4.44. The molecule has 0 atom stereocenters. The van der Waals surface area contributed by atoms with E-state index in [1.807, 2.05) is 6.20 Å². The van der Waals surface area contributed by atoms with E-state index in [0.29, 0.717) is 5.92 Å². The summed E-state index contributed by atoms with van der Waals surface area (Å²) < 4.78 is 0. The van der Waals surface area contributed by atoms with Crippen LogP contribution in [-0.2, 0) is 0 Å². The average molecular weight is 335 g/mol. The normalized spacial score (nSPS) is 16.0. The van der Waals surface area contributed by atoms with Crippen molar-refractivity contribution < 1.29 is 0 Å². The molecule has 2 heterocycles. The summed E-state index contributed by atoms with van der Waals surface area (Å²) in [6, 6.07) is 8.74. The number of nitrogens with zero attached hydrogens (tertiary/aromatic N) is 3. The molecule has 3 nitrogen and oxygen atoms in total. The van der Waals surface area contributed by atoms with Crippen molar-refractivity contribution in [3.8, 4) is 0 Å². The van der Waals surface area contributed by atoms with Gasteiger partial charge in [-0.15, -0.1) is 0 Å². The van der Waals surface area contributed by atoms with Crippen molar-refractivity contribution in [3.05, 3.63) is 58.4 Å². The topological polar surface area (TPSA) is 28.5 Å². The minimum absolute atomic E-state index is 0.270. The lowest BCUT2D eigenvalue weighted by Gasteiger charge is -2.43. The van der Waals surface area contributed by atoms with Gasteiger partial charge in [0.2, 0.25) is 0 Å². The number of benzene rings is 1. The highest BCUT2D eigenvalue weighted by molar-refractivity contribution is 6.17. The van der Waals surface area contributed by atoms with Crippen LogP contribution in [0.4, 0.5) is 5.69 Å². The predicted molar refractivity (Wildman–Crippen MR) is 107 cm³/mol. The third-order valence-corrected chi connectivity index (χ3v) is 5.06. The first-order valence-corrected chi connectivity index (χ1v) is 9.20. The Hall–Kier alpha value is -2.16. The number of anilines is 1. The summed E-state index contributed by atoms with van der Waals surface area (Å²) in [5.41, 5.74) is 8.10. The summed E-state index contributed by atoms with van der Waals surface area (Å²) in [5.74, 6) is 0.434. The smallest absolute Gasteiger partial charge is 0.127 e. The molecule has 1 aliphatic rings.